The van der Waals surface area contributed by atoms with Crippen molar-refractivity contribution in [3.8, 4) is 11.3 Å². The minimum atomic E-state index is -1.13. The molecule has 1 aromatic heterocycles. The van der Waals surface area contributed by atoms with Crippen molar-refractivity contribution in [2.45, 2.75) is 97.0 Å². The molecule has 2 heterocycles. The van der Waals surface area contributed by atoms with E-state index in [9.17, 15) is 38.3 Å². The molecule has 8 N–H and O–H groups in total. The molecule has 76 heavy (non-hydrogen) atoms. The molecule has 0 spiro atoms. The first-order valence-corrected chi connectivity index (χ1v) is 27.1. The van der Waals surface area contributed by atoms with Gasteiger partial charge < -0.3 is 60.9 Å². The van der Waals surface area contributed by atoms with Crippen molar-refractivity contribution < 1.29 is 61.6 Å². The maximum Gasteiger partial charge on any atom is 0.248 e. The van der Waals surface area contributed by atoms with E-state index >= 15 is 4.39 Å². The van der Waals surface area contributed by atoms with Crippen molar-refractivity contribution in [3.63, 3.8) is 0 Å². The first-order chi connectivity index (χ1) is 36.5. The molecular weight excluding hydrogens is 1010 g/mol. The van der Waals surface area contributed by atoms with E-state index in [2.05, 4.69) is 16.0 Å². The van der Waals surface area contributed by atoms with Gasteiger partial charge in [0.25, 0.3) is 0 Å². The lowest BCUT2D eigenvalue weighted by molar-refractivity contribution is -0.142. The SMILES string of the molecule is CC.CC(C)(C)C(c1nc(-c2cc(F)ccc2F)cn1Cc1ccccc1)N(CCC(N)C(=O)NCCNC(=O)CN1C(=O)CC(SCCOCCOCCOCCOCCC(=O)NCCCCCN)C1=O)C(=O)CO. The van der Waals surface area contributed by atoms with Crippen LogP contribution in [0.1, 0.15) is 90.6 Å². The Morgan fingerprint density at radius 3 is 2.13 bits per heavy atom. The van der Waals surface area contributed by atoms with Crippen molar-refractivity contribution >= 4 is 47.2 Å². The number of benzene rings is 2. The summed E-state index contributed by atoms with van der Waals surface area (Å²) < 4.78 is 53.2. The highest BCUT2D eigenvalue weighted by Gasteiger charge is 2.40. The minimum Gasteiger partial charge on any atom is -0.387 e. The van der Waals surface area contributed by atoms with Gasteiger partial charge in [-0.3, -0.25) is 33.7 Å². The fourth-order valence-electron chi connectivity index (χ4n) is 7.88. The Bertz CT molecular complexity index is 2240. The third kappa shape index (κ3) is 23.1. The van der Waals surface area contributed by atoms with Gasteiger partial charge in [-0.1, -0.05) is 71.4 Å². The zero-order valence-corrected chi connectivity index (χ0v) is 45.6. The molecule has 0 bridgehead atoms. The normalized spacial score (nSPS) is 14.2. The average Bonchev–Trinajstić information content (AvgIpc) is 3.92. The molecule has 4 rings (SSSR count). The molecule has 0 aliphatic carbocycles. The molecule has 2 aromatic carbocycles. The summed E-state index contributed by atoms with van der Waals surface area (Å²) in [5.74, 6) is -3.39. The molecule has 3 unspecified atom stereocenters. The number of carbonyl (C=O) groups is 6. The summed E-state index contributed by atoms with van der Waals surface area (Å²) in [7, 11) is 0. The van der Waals surface area contributed by atoms with Crippen LogP contribution in [0.2, 0.25) is 0 Å². The van der Waals surface area contributed by atoms with Gasteiger partial charge in [-0.2, -0.15) is 0 Å². The van der Waals surface area contributed by atoms with Crippen LogP contribution < -0.4 is 27.4 Å². The summed E-state index contributed by atoms with van der Waals surface area (Å²) in [6.45, 7) is 12.5. The summed E-state index contributed by atoms with van der Waals surface area (Å²) in [5, 5.41) is 17.6. The standard InChI is InChI=1S/C51H75F2N9O11S.C2H6/c1-51(2,3)47(48-59-41(38-30-37(52)12-13-39(38)53)33-60(48)32-36-10-6-4-7-11-36)61(46(67)35-63)20-14-40(55)49(68)58-19-18-57-44(65)34-62-45(66)31-42(50(62)69)74-29-28-73-27-26-72-25-24-71-23-22-70-21-15-43(64)56-17-9-5-8-16-54;1-2/h4,6-7,10-13,30,33,40,42,47,63H,5,8-9,14-29,31-32,34-35,54-55H2,1-3H3,(H,56,64)(H,57,65)(H,58,68);1-2H3. The number of ether oxygens (including phenoxy) is 4. The molecule has 23 heteroatoms. The maximum atomic E-state index is 15.1. The van der Waals surface area contributed by atoms with Crippen LogP contribution in [0.5, 0.6) is 0 Å². The number of imidazole rings is 1. The van der Waals surface area contributed by atoms with Crippen molar-refractivity contribution in [2.24, 2.45) is 16.9 Å². The van der Waals surface area contributed by atoms with Gasteiger partial charge in [0.05, 0.1) is 75.9 Å². The number of unbranched alkanes of at least 4 members (excludes halogenated alkanes) is 2. The number of nitrogens with zero attached hydrogens (tertiary/aromatic N) is 4. The zero-order chi connectivity index (χ0) is 55.9. The van der Waals surface area contributed by atoms with Crippen LogP contribution >= 0.6 is 11.8 Å². The monoisotopic (exact) mass is 1090 g/mol. The molecule has 1 aliphatic heterocycles. The Hall–Kier alpha value is -5.40. The summed E-state index contributed by atoms with van der Waals surface area (Å²) in [5.41, 5.74) is 12.0. The Morgan fingerprint density at radius 2 is 1.49 bits per heavy atom. The molecule has 424 valence electrons. The van der Waals surface area contributed by atoms with Gasteiger partial charge >= 0.3 is 0 Å². The van der Waals surface area contributed by atoms with E-state index in [0.717, 1.165) is 47.9 Å². The van der Waals surface area contributed by atoms with Crippen LogP contribution in [0, 0.1) is 17.0 Å². The molecular formula is C53H81F2N9O11S. The lowest BCUT2D eigenvalue weighted by Gasteiger charge is -2.40. The second-order valence-electron chi connectivity index (χ2n) is 18.6. The third-order valence-electron chi connectivity index (χ3n) is 11.6. The number of hydrogen-bond acceptors (Lipinski definition) is 15. The number of imide groups is 1. The summed E-state index contributed by atoms with van der Waals surface area (Å²) in [6, 6.07) is 10.5. The van der Waals surface area contributed by atoms with Crippen LogP contribution in [0.3, 0.4) is 0 Å². The number of halogens is 2. The molecule has 20 nitrogen and oxygen atoms in total. The number of nitrogens with two attached hydrogens (primary N) is 2. The first-order valence-electron chi connectivity index (χ1n) is 26.0. The van der Waals surface area contributed by atoms with Crippen molar-refractivity contribution in [3.05, 3.63) is 77.8 Å². The van der Waals surface area contributed by atoms with Gasteiger partial charge in [-0.05, 0) is 55.0 Å². The van der Waals surface area contributed by atoms with Crippen LogP contribution in [-0.2, 0) is 54.3 Å². The van der Waals surface area contributed by atoms with E-state index in [1.807, 2.05) is 65.0 Å². The first kappa shape index (κ1) is 64.9. The van der Waals surface area contributed by atoms with Crippen LogP contribution in [0.15, 0.2) is 54.7 Å². The topological polar surface area (TPSA) is 272 Å². The molecule has 0 saturated carbocycles. The minimum absolute atomic E-state index is 0.0340. The number of likely N-dealkylation sites (tertiary alicyclic amines) is 1. The Labute approximate surface area is 450 Å². The predicted octanol–water partition coefficient (Wildman–Crippen LogP) is 3.32. The van der Waals surface area contributed by atoms with E-state index in [-0.39, 0.29) is 56.2 Å². The number of aliphatic hydroxyl groups is 1. The number of amides is 6. The van der Waals surface area contributed by atoms with E-state index in [1.54, 1.807) is 10.8 Å². The number of aliphatic hydroxyl groups excluding tert-OH is 1. The van der Waals surface area contributed by atoms with Crippen molar-refractivity contribution in [1.29, 1.82) is 0 Å². The highest BCUT2D eigenvalue weighted by Crippen LogP contribution is 2.39. The van der Waals surface area contributed by atoms with Gasteiger partial charge in [0, 0.05) is 63.1 Å². The third-order valence-corrected chi connectivity index (χ3v) is 12.8. The number of hydrogen-bond donors (Lipinski definition) is 6. The number of nitrogens with one attached hydrogen (secondary N) is 3. The quantitative estimate of drug-likeness (QED) is 0.0360. The molecule has 3 aromatic rings. The molecule has 1 fully saturated rings. The largest absolute Gasteiger partial charge is 0.387 e. The molecule has 3 atom stereocenters. The highest BCUT2D eigenvalue weighted by atomic mass is 32.2. The summed E-state index contributed by atoms with van der Waals surface area (Å²) in [6.07, 6.45) is 4.66. The van der Waals surface area contributed by atoms with Crippen LogP contribution in [-0.4, -0.2) is 176 Å². The van der Waals surface area contributed by atoms with Crippen LogP contribution in [0.4, 0.5) is 8.78 Å². The predicted molar refractivity (Wildman–Crippen MR) is 285 cm³/mol. The molecule has 1 saturated heterocycles. The fraction of sp³-hybridized carbons (Fsp3) is 0.604. The van der Waals surface area contributed by atoms with Crippen LogP contribution in [0.25, 0.3) is 11.3 Å². The number of carbonyl (C=O) groups excluding carboxylic acids is 6. The second-order valence-corrected chi connectivity index (χ2v) is 19.9. The average molecular weight is 1090 g/mol. The van der Waals surface area contributed by atoms with E-state index in [1.165, 1.54) is 16.7 Å². The lowest BCUT2D eigenvalue weighted by Crippen LogP contribution is -2.48. The molecule has 1 aliphatic rings. The second kappa shape index (κ2) is 35.8. The highest BCUT2D eigenvalue weighted by molar-refractivity contribution is 8.00. The van der Waals surface area contributed by atoms with Gasteiger partial charge in [0.2, 0.25) is 35.4 Å². The Morgan fingerprint density at radius 1 is 0.855 bits per heavy atom. The van der Waals surface area contributed by atoms with Crippen molar-refractivity contribution in [1.82, 2.24) is 35.3 Å². The summed E-state index contributed by atoms with van der Waals surface area (Å²) in [4.78, 5) is 83.9. The van der Waals surface area contributed by atoms with E-state index in [4.69, 9.17) is 35.4 Å². The zero-order valence-electron chi connectivity index (χ0n) is 44.8. The fourth-order valence-corrected chi connectivity index (χ4v) is 8.91. The number of aromatic nitrogens is 2. The number of rotatable bonds is 36. The van der Waals surface area contributed by atoms with Gasteiger partial charge in [0.1, 0.15) is 30.6 Å². The lowest BCUT2D eigenvalue weighted by atomic mass is 9.84. The van der Waals surface area contributed by atoms with Crippen molar-refractivity contribution in [2.75, 3.05) is 104 Å². The summed E-state index contributed by atoms with van der Waals surface area (Å²) >= 11 is 1.27. The molecule has 6 amide bonds. The Kier molecular flexibility index (Phi) is 30.6. The van der Waals surface area contributed by atoms with Gasteiger partial charge in [-0.25, -0.2) is 13.8 Å². The van der Waals surface area contributed by atoms with E-state index in [0.29, 0.717) is 83.9 Å². The maximum absolute atomic E-state index is 15.1. The smallest absolute Gasteiger partial charge is 0.248 e. The molecule has 0 radical (unpaired) electrons. The number of thioether (sulfide) groups is 1. The van der Waals surface area contributed by atoms with Gasteiger partial charge in [0.15, 0.2) is 0 Å². The Balaban J connectivity index is 0.00000751. The van der Waals surface area contributed by atoms with E-state index < -0.39 is 77.1 Å². The van der Waals surface area contributed by atoms with Gasteiger partial charge in [-0.15, -0.1) is 11.8 Å².